The van der Waals surface area contributed by atoms with E-state index in [-0.39, 0.29) is 11.3 Å². The van der Waals surface area contributed by atoms with Crippen LogP contribution in [0.1, 0.15) is 19.4 Å². The van der Waals surface area contributed by atoms with Crippen molar-refractivity contribution < 1.29 is 22.7 Å². The summed E-state index contributed by atoms with van der Waals surface area (Å²) in [5.41, 5.74) is -1.00. The molecule has 1 fully saturated rings. The van der Waals surface area contributed by atoms with Crippen LogP contribution in [0.4, 0.5) is 13.2 Å². The summed E-state index contributed by atoms with van der Waals surface area (Å²) in [6.07, 6.45) is 2.89. The van der Waals surface area contributed by atoms with Crippen molar-refractivity contribution in [3.05, 3.63) is 47.3 Å². The highest BCUT2D eigenvalue weighted by molar-refractivity contribution is 5.78. The van der Waals surface area contributed by atoms with Gasteiger partial charge in [0.2, 0.25) is 0 Å². The third-order valence-electron chi connectivity index (χ3n) is 4.04. The molecule has 0 saturated heterocycles. The van der Waals surface area contributed by atoms with Gasteiger partial charge in [-0.05, 0) is 23.5 Å². The number of benzene rings is 1. The maximum Gasteiger partial charge on any atom is 0.310 e. The molecule has 6 heteroatoms. The van der Waals surface area contributed by atoms with E-state index in [1.807, 2.05) is 19.9 Å². The molecule has 1 aliphatic carbocycles. The van der Waals surface area contributed by atoms with E-state index in [0.717, 1.165) is 6.07 Å². The van der Waals surface area contributed by atoms with Crippen molar-refractivity contribution in [3.8, 4) is 6.07 Å². The number of hydrogen-bond donors (Lipinski definition) is 0. The number of nitrogens with zero attached hydrogens (tertiary/aromatic N) is 1. The van der Waals surface area contributed by atoms with Crippen molar-refractivity contribution in [2.24, 2.45) is 17.3 Å². The molecule has 2 unspecified atom stereocenters. The second-order valence-electron chi connectivity index (χ2n) is 5.74. The summed E-state index contributed by atoms with van der Waals surface area (Å²) in [6, 6.07) is 3.29. The average molecular weight is 309 g/mol. The first kappa shape index (κ1) is 16.1. The lowest BCUT2D eigenvalue weighted by molar-refractivity contribution is -0.147. The molecule has 1 aliphatic rings. The number of halogens is 3. The zero-order chi connectivity index (χ0) is 16.5. The van der Waals surface area contributed by atoms with Crippen LogP contribution < -0.4 is 0 Å². The van der Waals surface area contributed by atoms with Gasteiger partial charge in [-0.1, -0.05) is 19.9 Å². The highest BCUT2D eigenvalue weighted by Gasteiger charge is 2.61. The van der Waals surface area contributed by atoms with Gasteiger partial charge < -0.3 is 4.74 Å². The minimum Gasteiger partial charge on any atom is -0.460 e. The van der Waals surface area contributed by atoms with Crippen molar-refractivity contribution in [3.63, 3.8) is 0 Å². The average Bonchev–Trinajstić information content (AvgIpc) is 3.02. The summed E-state index contributed by atoms with van der Waals surface area (Å²) in [4.78, 5) is 12.0. The second-order valence-corrected chi connectivity index (χ2v) is 5.74. The molecule has 0 radical (unpaired) electrons. The van der Waals surface area contributed by atoms with E-state index in [2.05, 4.69) is 0 Å². The van der Waals surface area contributed by atoms with Gasteiger partial charge in [-0.3, -0.25) is 4.79 Å². The lowest BCUT2D eigenvalue weighted by Crippen LogP contribution is -2.12. The van der Waals surface area contributed by atoms with Gasteiger partial charge in [0.05, 0.1) is 17.6 Å². The summed E-state index contributed by atoms with van der Waals surface area (Å²) in [7, 11) is 0. The van der Waals surface area contributed by atoms with Crippen LogP contribution in [0.5, 0.6) is 0 Å². The minimum absolute atomic E-state index is 0.165. The molecule has 1 aromatic carbocycles. The highest BCUT2D eigenvalue weighted by Crippen LogP contribution is 2.59. The van der Waals surface area contributed by atoms with Gasteiger partial charge in [0.15, 0.2) is 11.6 Å². The number of allylic oxidation sites excluding steroid dienone is 2. The predicted octanol–water partition coefficient (Wildman–Crippen LogP) is 3.50. The van der Waals surface area contributed by atoms with E-state index in [0.29, 0.717) is 6.07 Å². The highest BCUT2D eigenvalue weighted by atomic mass is 19.2. The fourth-order valence-electron chi connectivity index (χ4n) is 2.57. The molecule has 3 nitrogen and oxygen atoms in total. The maximum absolute atomic E-state index is 13.5. The SMILES string of the molecule is CC1(C)C(/C=C\C#N)C1C(=O)OCc1c(F)ccc(F)c1F. The summed E-state index contributed by atoms with van der Waals surface area (Å²) < 4.78 is 44.9. The lowest BCUT2D eigenvalue weighted by atomic mass is 10.1. The molecule has 0 aliphatic heterocycles. The van der Waals surface area contributed by atoms with Gasteiger partial charge in [0.1, 0.15) is 12.4 Å². The summed E-state index contributed by atoms with van der Waals surface area (Å²) in [6.45, 7) is 2.98. The Balaban J connectivity index is 2.05. The van der Waals surface area contributed by atoms with Crippen LogP contribution in [-0.2, 0) is 16.1 Å². The van der Waals surface area contributed by atoms with E-state index < -0.39 is 41.5 Å². The van der Waals surface area contributed by atoms with E-state index in [1.165, 1.54) is 6.08 Å². The Morgan fingerprint density at radius 1 is 1.36 bits per heavy atom. The molecule has 0 bridgehead atoms. The Morgan fingerprint density at radius 3 is 2.64 bits per heavy atom. The lowest BCUT2D eigenvalue weighted by Gasteiger charge is -2.08. The minimum atomic E-state index is -1.36. The monoisotopic (exact) mass is 309 g/mol. The molecule has 116 valence electrons. The fourth-order valence-corrected chi connectivity index (χ4v) is 2.57. The topological polar surface area (TPSA) is 50.1 Å². The van der Waals surface area contributed by atoms with Gasteiger partial charge >= 0.3 is 5.97 Å². The van der Waals surface area contributed by atoms with E-state index in [9.17, 15) is 18.0 Å². The third-order valence-corrected chi connectivity index (χ3v) is 4.04. The molecule has 0 aromatic heterocycles. The number of carbonyl (C=O) groups is 1. The van der Waals surface area contributed by atoms with E-state index >= 15 is 0 Å². The standard InChI is InChI=1S/C16H14F3NO2/c1-16(2)10(4-3-7-20)13(16)15(21)22-8-9-11(17)5-6-12(18)14(9)19/h3-6,10,13H,8H2,1-2H3/b4-3-. The third kappa shape index (κ3) is 2.84. The van der Waals surface area contributed by atoms with Gasteiger partial charge in [0.25, 0.3) is 0 Å². The molecule has 0 heterocycles. The Bertz CT molecular complexity index is 677. The van der Waals surface area contributed by atoms with Crippen LogP contribution in [0.25, 0.3) is 0 Å². The smallest absolute Gasteiger partial charge is 0.310 e. The van der Waals surface area contributed by atoms with Crippen molar-refractivity contribution in [2.75, 3.05) is 0 Å². The van der Waals surface area contributed by atoms with Crippen LogP contribution in [0.2, 0.25) is 0 Å². The van der Waals surface area contributed by atoms with Gasteiger partial charge in [-0.2, -0.15) is 5.26 Å². The first-order valence-corrected chi connectivity index (χ1v) is 6.66. The summed E-state index contributed by atoms with van der Waals surface area (Å²) >= 11 is 0. The van der Waals surface area contributed by atoms with Crippen molar-refractivity contribution >= 4 is 5.97 Å². The van der Waals surface area contributed by atoms with Gasteiger partial charge in [-0.25, -0.2) is 13.2 Å². The Kier molecular flexibility index (Phi) is 4.27. The number of hydrogen-bond acceptors (Lipinski definition) is 3. The molecule has 0 amide bonds. The quantitative estimate of drug-likeness (QED) is 0.486. The Labute approximate surface area is 126 Å². The predicted molar refractivity (Wildman–Crippen MR) is 71.6 cm³/mol. The molecule has 1 aromatic rings. The van der Waals surface area contributed by atoms with Gasteiger partial charge in [0, 0.05) is 6.08 Å². The van der Waals surface area contributed by atoms with E-state index in [4.69, 9.17) is 10.00 Å². The molecule has 0 N–H and O–H groups in total. The molecule has 2 atom stereocenters. The summed E-state index contributed by atoms with van der Waals surface area (Å²) in [5, 5.41) is 8.51. The molecule has 22 heavy (non-hydrogen) atoms. The van der Waals surface area contributed by atoms with Crippen LogP contribution in [-0.4, -0.2) is 5.97 Å². The van der Waals surface area contributed by atoms with Gasteiger partial charge in [-0.15, -0.1) is 0 Å². The zero-order valence-electron chi connectivity index (χ0n) is 12.1. The second kappa shape index (κ2) is 5.84. The molecular weight excluding hydrogens is 295 g/mol. The number of nitriles is 1. The van der Waals surface area contributed by atoms with Crippen LogP contribution in [0.3, 0.4) is 0 Å². The van der Waals surface area contributed by atoms with E-state index in [1.54, 1.807) is 6.08 Å². The Hall–Kier alpha value is -2.29. The van der Waals surface area contributed by atoms with Crippen molar-refractivity contribution in [1.29, 1.82) is 5.26 Å². The van der Waals surface area contributed by atoms with Crippen LogP contribution in [0, 0.1) is 46.0 Å². The van der Waals surface area contributed by atoms with Crippen LogP contribution in [0.15, 0.2) is 24.3 Å². The molecular formula is C16H14F3NO2. The molecule has 0 spiro atoms. The fraction of sp³-hybridized carbons (Fsp3) is 0.375. The van der Waals surface area contributed by atoms with Crippen molar-refractivity contribution in [2.45, 2.75) is 20.5 Å². The number of rotatable bonds is 4. The molecule has 1 saturated carbocycles. The Morgan fingerprint density at radius 2 is 2.00 bits per heavy atom. The summed E-state index contributed by atoms with van der Waals surface area (Å²) in [5.74, 6) is -4.81. The van der Waals surface area contributed by atoms with Crippen molar-refractivity contribution in [1.82, 2.24) is 0 Å². The zero-order valence-corrected chi connectivity index (χ0v) is 12.1. The van der Waals surface area contributed by atoms with Crippen LogP contribution >= 0.6 is 0 Å². The number of ether oxygens (including phenoxy) is 1. The normalized spacial score (nSPS) is 22.4. The first-order valence-electron chi connectivity index (χ1n) is 6.66. The largest absolute Gasteiger partial charge is 0.460 e. The number of carbonyl (C=O) groups excluding carboxylic acids is 1. The maximum atomic E-state index is 13.5. The first-order chi connectivity index (χ1) is 10.3. The molecule has 2 rings (SSSR count). The number of esters is 1.